The highest BCUT2D eigenvalue weighted by molar-refractivity contribution is 9.10. The normalized spacial score (nSPS) is 18.9. The van der Waals surface area contributed by atoms with Crippen molar-refractivity contribution in [3.8, 4) is 5.75 Å². The van der Waals surface area contributed by atoms with E-state index >= 15 is 0 Å². The fourth-order valence-corrected chi connectivity index (χ4v) is 2.03. The molecule has 0 unspecified atom stereocenters. The molecule has 0 aliphatic carbocycles. The zero-order chi connectivity index (χ0) is 12.1. The lowest BCUT2D eigenvalue weighted by Crippen LogP contribution is -2.48. The molecule has 1 aliphatic rings. The summed E-state index contributed by atoms with van der Waals surface area (Å²) in [6.45, 7) is 2.96. The van der Waals surface area contributed by atoms with Crippen molar-refractivity contribution in [2.45, 2.75) is 6.23 Å². The molecule has 0 aromatic heterocycles. The first-order chi connectivity index (χ1) is 8.29. The van der Waals surface area contributed by atoms with Crippen molar-refractivity contribution < 1.29 is 14.6 Å². The van der Waals surface area contributed by atoms with Gasteiger partial charge >= 0.3 is 0 Å². The number of rotatable bonds is 4. The number of nitrogens with zero attached hydrogens (tertiary/aromatic N) is 1. The van der Waals surface area contributed by atoms with Gasteiger partial charge in [0.05, 0.1) is 19.8 Å². The zero-order valence-corrected chi connectivity index (χ0v) is 11.1. The standard InChI is InChI=1S/C12H16BrNO3/c13-10-1-3-11(4-2-10)17-12(9-15)14-5-7-16-8-6-14/h1-4,12,15H,5-9H2/t12-/m1/s1. The topological polar surface area (TPSA) is 41.9 Å². The van der Waals surface area contributed by atoms with Crippen LogP contribution in [-0.4, -0.2) is 49.1 Å². The quantitative estimate of drug-likeness (QED) is 0.915. The lowest BCUT2D eigenvalue weighted by atomic mass is 10.3. The van der Waals surface area contributed by atoms with Crippen LogP contribution in [0, 0.1) is 0 Å². The van der Waals surface area contributed by atoms with Crippen LogP contribution in [0.25, 0.3) is 0 Å². The Bertz CT molecular complexity index is 338. The minimum absolute atomic E-state index is 0.0178. The second-order valence-electron chi connectivity index (χ2n) is 3.86. The molecule has 1 aromatic carbocycles. The van der Waals surface area contributed by atoms with Gasteiger partial charge in [-0.1, -0.05) is 15.9 Å². The van der Waals surface area contributed by atoms with Crippen LogP contribution in [0.4, 0.5) is 0 Å². The minimum atomic E-state index is -0.292. The predicted molar refractivity (Wildman–Crippen MR) is 68.0 cm³/mol. The molecule has 17 heavy (non-hydrogen) atoms. The molecule has 0 bridgehead atoms. The van der Waals surface area contributed by atoms with Gasteiger partial charge in [0.2, 0.25) is 0 Å². The Morgan fingerprint density at radius 2 is 1.94 bits per heavy atom. The number of morpholine rings is 1. The highest BCUT2D eigenvalue weighted by atomic mass is 79.9. The molecular formula is C12H16BrNO3. The van der Waals surface area contributed by atoms with Crippen molar-refractivity contribution in [2.24, 2.45) is 0 Å². The predicted octanol–water partition coefficient (Wildman–Crippen LogP) is 1.48. The van der Waals surface area contributed by atoms with Gasteiger partial charge < -0.3 is 14.6 Å². The van der Waals surface area contributed by atoms with Crippen molar-refractivity contribution in [3.05, 3.63) is 28.7 Å². The average molecular weight is 302 g/mol. The summed E-state index contributed by atoms with van der Waals surface area (Å²) in [5, 5.41) is 9.38. The van der Waals surface area contributed by atoms with E-state index in [9.17, 15) is 5.11 Å². The first kappa shape index (κ1) is 12.8. The van der Waals surface area contributed by atoms with Crippen LogP contribution in [0.15, 0.2) is 28.7 Å². The highest BCUT2D eigenvalue weighted by Gasteiger charge is 2.21. The molecule has 1 saturated heterocycles. The largest absolute Gasteiger partial charge is 0.473 e. The lowest BCUT2D eigenvalue weighted by Gasteiger charge is -2.33. The van der Waals surface area contributed by atoms with Crippen LogP contribution in [0.1, 0.15) is 0 Å². The number of hydrogen-bond donors (Lipinski definition) is 1. The average Bonchev–Trinajstić information content (AvgIpc) is 2.39. The summed E-state index contributed by atoms with van der Waals surface area (Å²) >= 11 is 3.37. The third-order valence-corrected chi connectivity index (χ3v) is 3.22. The third kappa shape index (κ3) is 3.67. The molecule has 1 aliphatic heterocycles. The number of aliphatic hydroxyl groups excluding tert-OH is 1. The molecule has 0 amide bonds. The van der Waals surface area contributed by atoms with Crippen molar-refractivity contribution in [2.75, 3.05) is 32.9 Å². The molecule has 94 valence electrons. The van der Waals surface area contributed by atoms with Gasteiger partial charge in [-0.15, -0.1) is 0 Å². The van der Waals surface area contributed by atoms with E-state index in [2.05, 4.69) is 20.8 Å². The van der Waals surface area contributed by atoms with E-state index in [1.807, 2.05) is 24.3 Å². The van der Waals surface area contributed by atoms with Gasteiger partial charge in [-0.05, 0) is 24.3 Å². The Labute approximate surface area is 109 Å². The zero-order valence-electron chi connectivity index (χ0n) is 9.51. The van der Waals surface area contributed by atoms with Crippen LogP contribution >= 0.6 is 15.9 Å². The summed E-state index contributed by atoms with van der Waals surface area (Å²) < 4.78 is 12.0. The Hall–Kier alpha value is -0.620. The van der Waals surface area contributed by atoms with E-state index in [0.717, 1.165) is 23.3 Å². The first-order valence-electron chi connectivity index (χ1n) is 5.64. The number of benzene rings is 1. The van der Waals surface area contributed by atoms with Gasteiger partial charge in [0.15, 0.2) is 6.23 Å². The maximum absolute atomic E-state index is 9.38. The molecule has 5 heteroatoms. The fraction of sp³-hybridized carbons (Fsp3) is 0.500. The van der Waals surface area contributed by atoms with E-state index in [4.69, 9.17) is 9.47 Å². The van der Waals surface area contributed by atoms with E-state index in [1.54, 1.807) is 0 Å². The summed E-state index contributed by atoms with van der Waals surface area (Å²) in [7, 11) is 0. The Morgan fingerprint density at radius 3 is 2.53 bits per heavy atom. The molecule has 1 atom stereocenters. The van der Waals surface area contributed by atoms with Gasteiger partial charge in [-0.25, -0.2) is 0 Å². The van der Waals surface area contributed by atoms with E-state index in [-0.39, 0.29) is 12.8 Å². The maximum atomic E-state index is 9.38. The van der Waals surface area contributed by atoms with Gasteiger partial charge in [0.1, 0.15) is 5.75 Å². The molecule has 4 nitrogen and oxygen atoms in total. The van der Waals surface area contributed by atoms with E-state index < -0.39 is 0 Å². The van der Waals surface area contributed by atoms with Crippen molar-refractivity contribution >= 4 is 15.9 Å². The number of halogens is 1. The molecule has 1 heterocycles. The van der Waals surface area contributed by atoms with Crippen LogP contribution in [0.2, 0.25) is 0 Å². The molecule has 0 saturated carbocycles. The summed E-state index contributed by atoms with van der Waals surface area (Å²) in [4.78, 5) is 2.09. The highest BCUT2D eigenvalue weighted by Crippen LogP contribution is 2.18. The molecular weight excluding hydrogens is 286 g/mol. The number of aliphatic hydroxyl groups is 1. The Kier molecular flexibility index (Phi) is 4.79. The summed E-state index contributed by atoms with van der Waals surface area (Å²) in [5.41, 5.74) is 0. The van der Waals surface area contributed by atoms with Crippen molar-refractivity contribution in [3.63, 3.8) is 0 Å². The number of ether oxygens (including phenoxy) is 2. The van der Waals surface area contributed by atoms with Gasteiger partial charge in [-0.2, -0.15) is 0 Å². The number of hydrogen-bond acceptors (Lipinski definition) is 4. The second kappa shape index (κ2) is 6.35. The maximum Gasteiger partial charge on any atom is 0.176 e. The van der Waals surface area contributed by atoms with E-state index in [0.29, 0.717) is 13.2 Å². The second-order valence-corrected chi connectivity index (χ2v) is 4.77. The van der Waals surface area contributed by atoms with Crippen molar-refractivity contribution in [1.82, 2.24) is 4.90 Å². The molecule has 1 fully saturated rings. The molecule has 2 rings (SSSR count). The van der Waals surface area contributed by atoms with Crippen molar-refractivity contribution in [1.29, 1.82) is 0 Å². The smallest absolute Gasteiger partial charge is 0.176 e. The molecule has 1 aromatic rings. The molecule has 1 N–H and O–H groups in total. The molecule has 0 radical (unpaired) electrons. The Balaban J connectivity index is 1.96. The molecule has 0 spiro atoms. The monoisotopic (exact) mass is 301 g/mol. The third-order valence-electron chi connectivity index (χ3n) is 2.69. The lowest BCUT2D eigenvalue weighted by molar-refractivity contribution is -0.0664. The van der Waals surface area contributed by atoms with Gasteiger partial charge in [0, 0.05) is 17.6 Å². The van der Waals surface area contributed by atoms with Crippen LogP contribution in [-0.2, 0) is 4.74 Å². The van der Waals surface area contributed by atoms with Gasteiger partial charge in [-0.3, -0.25) is 4.90 Å². The summed E-state index contributed by atoms with van der Waals surface area (Å²) in [6.07, 6.45) is -0.292. The summed E-state index contributed by atoms with van der Waals surface area (Å²) in [5.74, 6) is 0.763. The van der Waals surface area contributed by atoms with Crippen LogP contribution < -0.4 is 4.74 Å². The fourth-order valence-electron chi connectivity index (χ4n) is 1.76. The van der Waals surface area contributed by atoms with E-state index in [1.165, 1.54) is 0 Å². The van der Waals surface area contributed by atoms with Crippen LogP contribution in [0.3, 0.4) is 0 Å². The SMILES string of the molecule is OC[C@@H](Oc1ccc(Br)cc1)N1CCOCC1. The minimum Gasteiger partial charge on any atom is -0.473 e. The van der Waals surface area contributed by atoms with Crippen LogP contribution in [0.5, 0.6) is 5.75 Å². The van der Waals surface area contributed by atoms with Gasteiger partial charge in [0.25, 0.3) is 0 Å². The Morgan fingerprint density at radius 1 is 1.29 bits per heavy atom. The summed E-state index contributed by atoms with van der Waals surface area (Å²) in [6, 6.07) is 7.60. The first-order valence-corrected chi connectivity index (χ1v) is 6.44.